The minimum absolute atomic E-state index is 0.161. The van der Waals surface area contributed by atoms with Gasteiger partial charge in [-0.2, -0.15) is 0 Å². The summed E-state index contributed by atoms with van der Waals surface area (Å²) in [5.74, 6) is 5.80. The van der Waals surface area contributed by atoms with Gasteiger partial charge in [0.05, 0.1) is 12.2 Å². The summed E-state index contributed by atoms with van der Waals surface area (Å²) in [6.07, 6.45) is 2.55. The van der Waals surface area contributed by atoms with E-state index in [9.17, 15) is 4.79 Å². The number of nitrogen functional groups attached to an aromatic ring is 1. The van der Waals surface area contributed by atoms with E-state index in [-0.39, 0.29) is 11.3 Å². The first kappa shape index (κ1) is 16.4. The van der Waals surface area contributed by atoms with Crippen molar-refractivity contribution in [2.75, 3.05) is 13.1 Å². The summed E-state index contributed by atoms with van der Waals surface area (Å²) < 4.78 is 0. The predicted octanol–water partition coefficient (Wildman–Crippen LogP) is 2.28. The molecule has 1 aliphatic heterocycles. The molecule has 0 aliphatic carbocycles. The summed E-state index contributed by atoms with van der Waals surface area (Å²) in [6.45, 7) is 11.6. The van der Waals surface area contributed by atoms with Gasteiger partial charge in [0.25, 0.3) is 5.91 Å². The van der Waals surface area contributed by atoms with Crippen LogP contribution in [0.4, 0.5) is 0 Å². The molecule has 2 rings (SSSR count). The van der Waals surface area contributed by atoms with Crippen molar-refractivity contribution in [2.24, 2.45) is 11.8 Å². The number of hydrazine groups is 1. The van der Waals surface area contributed by atoms with Crippen LogP contribution in [0.3, 0.4) is 0 Å². The summed E-state index contributed by atoms with van der Waals surface area (Å²) in [6, 6.07) is 0. The Morgan fingerprint density at radius 2 is 2.24 bits per heavy atom. The van der Waals surface area contributed by atoms with E-state index in [1.165, 1.54) is 24.2 Å². The zero-order chi connectivity index (χ0) is 15.6. The fraction of sp³-hybridized carbons (Fsp3) is 0.733. The maximum absolute atomic E-state index is 12.0. The van der Waals surface area contributed by atoms with Gasteiger partial charge < -0.3 is 0 Å². The highest BCUT2D eigenvalue weighted by Gasteiger charge is 2.27. The van der Waals surface area contributed by atoms with Crippen LogP contribution in [0.2, 0.25) is 0 Å². The lowest BCUT2D eigenvalue weighted by molar-refractivity contribution is 0.0955. The number of hydrogen-bond acceptors (Lipinski definition) is 5. The fourth-order valence-corrected chi connectivity index (χ4v) is 4.00. The minimum atomic E-state index is -0.240. The third-order valence-electron chi connectivity index (χ3n) is 3.82. The van der Waals surface area contributed by atoms with Crippen molar-refractivity contribution in [1.82, 2.24) is 15.3 Å². The molecule has 6 heteroatoms. The lowest BCUT2D eigenvalue weighted by atomic mass is 9.91. The molecule has 1 aromatic heterocycles. The van der Waals surface area contributed by atoms with Crippen LogP contribution in [0.1, 0.15) is 60.9 Å². The molecular formula is C15H26N4OS. The van der Waals surface area contributed by atoms with E-state index < -0.39 is 0 Å². The molecule has 3 N–H and O–H groups in total. The summed E-state index contributed by atoms with van der Waals surface area (Å²) in [5.41, 5.74) is 2.92. The molecule has 0 radical (unpaired) electrons. The molecule has 2 heterocycles. The van der Waals surface area contributed by atoms with Crippen molar-refractivity contribution in [1.29, 1.82) is 0 Å². The Labute approximate surface area is 130 Å². The first-order chi connectivity index (χ1) is 9.81. The number of amides is 1. The van der Waals surface area contributed by atoms with Crippen LogP contribution in [-0.4, -0.2) is 28.9 Å². The maximum Gasteiger partial charge on any atom is 0.277 e. The quantitative estimate of drug-likeness (QED) is 0.510. The lowest BCUT2D eigenvalue weighted by Gasteiger charge is -2.30. The summed E-state index contributed by atoms with van der Waals surface area (Å²) in [7, 11) is 0. The molecule has 1 amide bonds. The third-order valence-corrected chi connectivity index (χ3v) is 4.86. The van der Waals surface area contributed by atoms with E-state index in [1.807, 2.05) is 0 Å². The molecule has 1 saturated heterocycles. The normalized spacial score (nSPS) is 20.5. The second kappa shape index (κ2) is 6.42. The number of aromatic nitrogens is 1. The molecular weight excluding hydrogens is 284 g/mol. The first-order valence-corrected chi connectivity index (χ1v) is 8.36. The van der Waals surface area contributed by atoms with Crippen molar-refractivity contribution in [3.05, 3.63) is 15.6 Å². The summed E-state index contributed by atoms with van der Waals surface area (Å²) >= 11 is 1.47. The van der Waals surface area contributed by atoms with Gasteiger partial charge in [0.2, 0.25) is 0 Å². The van der Waals surface area contributed by atoms with E-state index in [2.05, 4.69) is 38.0 Å². The second-order valence-electron chi connectivity index (χ2n) is 6.99. The fourth-order valence-electron chi connectivity index (χ4n) is 2.78. The molecule has 1 fully saturated rings. The Morgan fingerprint density at radius 1 is 1.52 bits per heavy atom. The Morgan fingerprint density at radius 3 is 2.81 bits per heavy atom. The topological polar surface area (TPSA) is 71.2 Å². The molecule has 1 aliphatic rings. The van der Waals surface area contributed by atoms with Gasteiger partial charge in [-0.05, 0) is 25.3 Å². The van der Waals surface area contributed by atoms with Gasteiger partial charge in [0.1, 0.15) is 9.88 Å². The molecule has 21 heavy (non-hydrogen) atoms. The van der Waals surface area contributed by atoms with Crippen LogP contribution in [-0.2, 0) is 12.0 Å². The summed E-state index contributed by atoms with van der Waals surface area (Å²) in [5, 5.41) is 1.01. The minimum Gasteiger partial charge on any atom is -0.296 e. The van der Waals surface area contributed by atoms with Crippen molar-refractivity contribution in [3.63, 3.8) is 0 Å². The van der Waals surface area contributed by atoms with Gasteiger partial charge in [-0.3, -0.25) is 15.1 Å². The molecule has 1 unspecified atom stereocenters. The number of thiazole rings is 1. The van der Waals surface area contributed by atoms with Crippen LogP contribution >= 0.6 is 11.3 Å². The molecule has 0 saturated carbocycles. The Hall–Kier alpha value is -0.980. The monoisotopic (exact) mass is 310 g/mol. The number of nitrogens with zero attached hydrogens (tertiary/aromatic N) is 2. The van der Waals surface area contributed by atoms with Crippen LogP contribution in [0.25, 0.3) is 0 Å². The number of nitrogens with two attached hydrogens (primary N) is 1. The van der Waals surface area contributed by atoms with Gasteiger partial charge in [0, 0.05) is 12.0 Å². The standard InChI is InChI=1S/C15H26N4OS/c1-10-6-5-7-19(8-10)9-11-17-13(15(2,3)4)12(21-11)14(20)18-16/h10H,5-9,16H2,1-4H3,(H,18,20). The van der Waals surface area contributed by atoms with Gasteiger partial charge in [-0.25, -0.2) is 10.8 Å². The maximum atomic E-state index is 12.0. The largest absolute Gasteiger partial charge is 0.296 e. The van der Waals surface area contributed by atoms with E-state index >= 15 is 0 Å². The molecule has 0 aromatic carbocycles. The number of carbonyl (C=O) groups is 1. The zero-order valence-electron chi connectivity index (χ0n) is 13.4. The van der Waals surface area contributed by atoms with Gasteiger partial charge in [-0.15, -0.1) is 11.3 Å². The van der Waals surface area contributed by atoms with Crippen LogP contribution < -0.4 is 11.3 Å². The van der Waals surface area contributed by atoms with Gasteiger partial charge in [0.15, 0.2) is 0 Å². The zero-order valence-corrected chi connectivity index (χ0v) is 14.2. The highest BCUT2D eigenvalue weighted by molar-refractivity contribution is 7.13. The van der Waals surface area contributed by atoms with Crippen molar-refractivity contribution < 1.29 is 4.79 Å². The number of likely N-dealkylation sites (tertiary alicyclic amines) is 1. The Balaban J connectivity index is 2.21. The average molecular weight is 310 g/mol. The third kappa shape index (κ3) is 4.02. The number of piperidine rings is 1. The Bertz CT molecular complexity index is 506. The van der Waals surface area contributed by atoms with Gasteiger partial charge in [-0.1, -0.05) is 27.7 Å². The van der Waals surface area contributed by atoms with E-state index in [4.69, 9.17) is 10.8 Å². The molecule has 0 bridgehead atoms. The molecule has 118 valence electrons. The summed E-state index contributed by atoms with van der Waals surface area (Å²) in [4.78, 5) is 19.8. The highest BCUT2D eigenvalue weighted by Crippen LogP contribution is 2.30. The van der Waals surface area contributed by atoms with Crippen molar-refractivity contribution in [3.8, 4) is 0 Å². The smallest absolute Gasteiger partial charge is 0.277 e. The molecule has 1 atom stereocenters. The van der Waals surface area contributed by atoms with Crippen LogP contribution in [0, 0.1) is 5.92 Å². The number of rotatable bonds is 3. The molecule has 0 spiro atoms. The van der Waals surface area contributed by atoms with Crippen LogP contribution in [0.15, 0.2) is 0 Å². The van der Waals surface area contributed by atoms with Crippen molar-refractivity contribution >= 4 is 17.2 Å². The highest BCUT2D eigenvalue weighted by atomic mass is 32.1. The van der Waals surface area contributed by atoms with Gasteiger partial charge >= 0.3 is 0 Å². The number of hydrogen-bond donors (Lipinski definition) is 2. The molecule has 5 nitrogen and oxygen atoms in total. The predicted molar refractivity (Wildman–Crippen MR) is 86.1 cm³/mol. The van der Waals surface area contributed by atoms with Crippen LogP contribution in [0.5, 0.6) is 0 Å². The second-order valence-corrected chi connectivity index (χ2v) is 8.07. The number of nitrogens with one attached hydrogen (secondary N) is 1. The first-order valence-electron chi connectivity index (χ1n) is 7.54. The number of carbonyl (C=O) groups excluding carboxylic acids is 1. The molecule has 1 aromatic rings. The Kier molecular flexibility index (Phi) is 5.01. The van der Waals surface area contributed by atoms with E-state index in [1.54, 1.807) is 0 Å². The van der Waals surface area contributed by atoms with E-state index in [0.29, 0.717) is 4.88 Å². The average Bonchev–Trinajstić information content (AvgIpc) is 2.82. The van der Waals surface area contributed by atoms with E-state index in [0.717, 1.165) is 36.3 Å². The SMILES string of the molecule is CC1CCCN(Cc2nc(C(C)(C)C)c(C(=O)NN)s2)C1. The van der Waals surface area contributed by atoms with Crippen molar-refractivity contribution in [2.45, 2.75) is 52.5 Å². The lowest BCUT2D eigenvalue weighted by Crippen LogP contribution is -2.33.